The molecular formula is C14H19FN2O2. The van der Waals surface area contributed by atoms with Crippen molar-refractivity contribution in [2.45, 2.75) is 39.5 Å². The molecule has 0 unspecified atom stereocenters. The van der Waals surface area contributed by atoms with Crippen LogP contribution in [0, 0.1) is 5.82 Å². The van der Waals surface area contributed by atoms with Crippen LogP contribution < -0.4 is 5.32 Å². The van der Waals surface area contributed by atoms with E-state index in [9.17, 15) is 9.18 Å². The highest BCUT2D eigenvalue weighted by atomic mass is 19.1. The number of nitrogens with one attached hydrogen (secondary N) is 1. The van der Waals surface area contributed by atoms with Gasteiger partial charge in [-0.3, -0.25) is 4.90 Å². The summed E-state index contributed by atoms with van der Waals surface area (Å²) in [7, 11) is 0. The van der Waals surface area contributed by atoms with Crippen LogP contribution in [-0.4, -0.2) is 23.3 Å². The van der Waals surface area contributed by atoms with Crippen molar-refractivity contribution in [1.82, 2.24) is 10.2 Å². The number of halogens is 1. The van der Waals surface area contributed by atoms with Gasteiger partial charge in [0.05, 0.1) is 6.67 Å². The van der Waals surface area contributed by atoms with Crippen LogP contribution in [0.1, 0.15) is 31.9 Å². The zero-order valence-electron chi connectivity index (χ0n) is 11.5. The molecule has 0 atom stereocenters. The highest BCUT2D eigenvalue weighted by Crippen LogP contribution is 2.22. The van der Waals surface area contributed by atoms with Crippen molar-refractivity contribution >= 4 is 6.09 Å². The first kappa shape index (κ1) is 13.8. The molecule has 1 aromatic rings. The maximum atomic E-state index is 13.1. The summed E-state index contributed by atoms with van der Waals surface area (Å²) in [6.07, 6.45) is -0.436. The summed E-state index contributed by atoms with van der Waals surface area (Å²) >= 11 is 0. The quantitative estimate of drug-likeness (QED) is 0.894. The molecule has 0 saturated heterocycles. The third kappa shape index (κ3) is 3.92. The summed E-state index contributed by atoms with van der Waals surface area (Å²) in [4.78, 5) is 13.5. The molecule has 4 nitrogen and oxygen atoms in total. The second kappa shape index (κ2) is 5.17. The van der Waals surface area contributed by atoms with Crippen LogP contribution in [0.15, 0.2) is 18.2 Å². The third-order valence-corrected chi connectivity index (χ3v) is 2.80. The largest absolute Gasteiger partial charge is 0.444 e. The molecule has 1 heterocycles. The Morgan fingerprint density at radius 1 is 1.37 bits per heavy atom. The topological polar surface area (TPSA) is 41.6 Å². The molecule has 0 fully saturated rings. The first-order valence-corrected chi connectivity index (χ1v) is 6.30. The van der Waals surface area contributed by atoms with Gasteiger partial charge in [-0.25, -0.2) is 9.18 Å². The summed E-state index contributed by atoms with van der Waals surface area (Å²) in [6.45, 7) is 7.21. The molecule has 1 aliphatic heterocycles. The van der Waals surface area contributed by atoms with Crippen molar-refractivity contribution in [2.75, 3.05) is 6.67 Å². The number of ether oxygens (including phenoxy) is 1. The predicted molar refractivity (Wildman–Crippen MR) is 69.9 cm³/mol. The highest BCUT2D eigenvalue weighted by molar-refractivity contribution is 5.67. The number of alkyl carbamates (subject to hydrolysis) is 1. The number of fused-ring (bicyclic) bond motifs is 1. The Bertz CT molecular complexity index is 483. The maximum Gasteiger partial charge on any atom is 0.408 e. The molecule has 1 N–H and O–H groups in total. The molecule has 0 saturated carbocycles. The van der Waals surface area contributed by atoms with Crippen LogP contribution in [0.3, 0.4) is 0 Å². The molecular weight excluding hydrogens is 247 g/mol. The van der Waals surface area contributed by atoms with E-state index in [0.29, 0.717) is 19.8 Å². The molecule has 1 amide bonds. The van der Waals surface area contributed by atoms with Crippen LogP contribution in [0.5, 0.6) is 0 Å². The number of hydrogen-bond donors (Lipinski definition) is 1. The second-order valence-corrected chi connectivity index (χ2v) is 5.74. The Labute approximate surface area is 112 Å². The minimum absolute atomic E-state index is 0.222. The Morgan fingerprint density at radius 3 is 2.74 bits per heavy atom. The zero-order valence-corrected chi connectivity index (χ0v) is 11.5. The zero-order chi connectivity index (χ0) is 14.0. The number of carbonyl (C=O) groups is 1. The fourth-order valence-corrected chi connectivity index (χ4v) is 2.04. The van der Waals surface area contributed by atoms with E-state index in [1.54, 1.807) is 12.1 Å². The van der Waals surface area contributed by atoms with Crippen molar-refractivity contribution in [3.05, 3.63) is 35.1 Å². The fraction of sp³-hybridized carbons (Fsp3) is 0.500. The number of nitrogens with zero attached hydrogens (tertiary/aromatic N) is 1. The van der Waals surface area contributed by atoms with Gasteiger partial charge in [0, 0.05) is 13.1 Å². The van der Waals surface area contributed by atoms with Gasteiger partial charge in [-0.05, 0) is 44.0 Å². The van der Waals surface area contributed by atoms with Crippen molar-refractivity contribution in [1.29, 1.82) is 0 Å². The summed E-state index contributed by atoms with van der Waals surface area (Å²) in [5, 5.41) is 2.70. The number of carbonyl (C=O) groups excluding carboxylic acids is 1. The Hall–Kier alpha value is -1.62. The van der Waals surface area contributed by atoms with Crippen molar-refractivity contribution in [3.63, 3.8) is 0 Å². The van der Waals surface area contributed by atoms with Gasteiger partial charge in [0.15, 0.2) is 0 Å². The lowest BCUT2D eigenvalue weighted by Crippen LogP contribution is -2.38. The average Bonchev–Trinajstić information content (AvgIpc) is 2.66. The molecule has 19 heavy (non-hydrogen) atoms. The molecule has 0 bridgehead atoms. The molecule has 1 aliphatic rings. The highest BCUT2D eigenvalue weighted by Gasteiger charge is 2.21. The van der Waals surface area contributed by atoms with Gasteiger partial charge in [-0.2, -0.15) is 0 Å². The van der Waals surface area contributed by atoms with Crippen molar-refractivity contribution < 1.29 is 13.9 Å². The lowest BCUT2D eigenvalue weighted by molar-refractivity contribution is 0.0489. The molecule has 5 heteroatoms. The van der Waals surface area contributed by atoms with E-state index in [4.69, 9.17) is 4.74 Å². The molecule has 0 aromatic heterocycles. The van der Waals surface area contributed by atoms with Gasteiger partial charge < -0.3 is 10.1 Å². The SMILES string of the molecule is CC(C)(C)OC(=O)NCN1Cc2ccc(F)cc2C1. The van der Waals surface area contributed by atoms with E-state index in [2.05, 4.69) is 5.32 Å². The van der Waals surface area contributed by atoms with Gasteiger partial charge in [-0.1, -0.05) is 6.07 Å². The monoisotopic (exact) mass is 266 g/mol. The van der Waals surface area contributed by atoms with E-state index in [1.165, 1.54) is 6.07 Å². The van der Waals surface area contributed by atoms with Crippen LogP contribution >= 0.6 is 0 Å². The van der Waals surface area contributed by atoms with Gasteiger partial charge in [0.1, 0.15) is 11.4 Å². The molecule has 2 rings (SSSR count). The number of amides is 1. The summed E-state index contributed by atoms with van der Waals surface area (Å²) in [6, 6.07) is 4.80. The molecule has 0 spiro atoms. The van der Waals surface area contributed by atoms with E-state index >= 15 is 0 Å². The Kier molecular flexibility index (Phi) is 3.75. The lowest BCUT2D eigenvalue weighted by Gasteiger charge is -2.21. The van der Waals surface area contributed by atoms with Crippen LogP contribution in [0.4, 0.5) is 9.18 Å². The summed E-state index contributed by atoms with van der Waals surface area (Å²) in [5.74, 6) is -0.222. The Morgan fingerprint density at radius 2 is 2.05 bits per heavy atom. The predicted octanol–water partition coefficient (Wildman–Crippen LogP) is 2.62. The summed E-state index contributed by atoms with van der Waals surface area (Å²) in [5.41, 5.74) is 1.58. The second-order valence-electron chi connectivity index (χ2n) is 5.74. The van der Waals surface area contributed by atoms with Crippen LogP contribution in [0.2, 0.25) is 0 Å². The number of rotatable bonds is 2. The minimum Gasteiger partial charge on any atom is -0.444 e. The van der Waals surface area contributed by atoms with E-state index in [0.717, 1.165) is 11.1 Å². The molecule has 0 aliphatic carbocycles. The normalized spacial score (nSPS) is 15.2. The molecule has 0 radical (unpaired) electrons. The number of benzene rings is 1. The molecule has 104 valence electrons. The van der Waals surface area contributed by atoms with Gasteiger partial charge in [0.25, 0.3) is 0 Å². The van der Waals surface area contributed by atoms with Gasteiger partial charge in [0.2, 0.25) is 0 Å². The standard InChI is InChI=1S/C14H19FN2O2/c1-14(2,3)19-13(18)16-9-17-7-10-4-5-12(15)6-11(10)8-17/h4-6H,7-9H2,1-3H3,(H,16,18). The Balaban J connectivity index is 1.83. The van der Waals surface area contributed by atoms with Crippen LogP contribution in [0.25, 0.3) is 0 Å². The number of hydrogen-bond acceptors (Lipinski definition) is 3. The minimum atomic E-state index is -0.499. The van der Waals surface area contributed by atoms with E-state index in [-0.39, 0.29) is 5.82 Å². The van der Waals surface area contributed by atoms with Gasteiger partial charge >= 0.3 is 6.09 Å². The smallest absolute Gasteiger partial charge is 0.408 e. The van der Waals surface area contributed by atoms with Gasteiger partial charge in [-0.15, -0.1) is 0 Å². The first-order chi connectivity index (χ1) is 8.83. The van der Waals surface area contributed by atoms with Crippen molar-refractivity contribution in [2.24, 2.45) is 0 Å². The van der Waals surface area contributed by atoms with Crippen LogP contribution in [-0.2, 0) is 17.8 Å². The fourth-order valence-electron chi connectivity index (χ4n) is 2.04. The third-order valence-electron chi connectivity index (χ3n) is 2.80. The average molecular weight is 266 g/mol. The van der Waals surface area contributed by atoms with Crippen molar-refractivity contribution in [3.8, 4) is 0 Å². The summed E-state index contributed by atoms with van der Waals surface area (Å²) < 4.78 is 18.2. The lowest BCUT2D eigenvalue weighted by atomic mass is 10.1. The first-order valence-electron chi connectivity index (χ1n) is 6.30. The molecule has 1 aromatic carbocycles. The van der Waals surface area contributed by atoms with E-state index < -0.39 is 11.7 Å². The maximum absolute atomic E-state index is 13.1. The van der Waals surface area contributed by atoms with E-state index in [1.807, 2.05) is 25.7 Å².